The topological polar surface area (TPSA) is 267 Å². The van der Waals surface area contributed by atoms with Crippen molar-refractivity contribution in [3.63, 3.8) is 0 Å². The first-order chi connectivity index (χ1) is 44.8. The van der Waals surface area contributed by atoms with Gasteiger partial charge < -0.3 is 16.2 Å². The summed E-state index contributed by atoms with van der Waals surface area (Å²) < 4.78 is 6.01. The summed E-state index contributed by atoms with van der Waals surface area (Å²) in [5.41, 5.74) is 27.0. The SMILES string of the molecule is C=CC(=O)OC.CC(=O)/C=C/c1ccc2c(c1)CC(=O)CN=C2c1ccccc1.CC(=O)CN.Nc1cc(Br)ccc1C(=O)c1ccccc1.O=C1CN=C(c2ccccc2)c2ccc(/C=C/C(=O)NO)cc2C1.O=C1CN=C(c2ccccc2)c2ccc(Br)cc2C1. The Balaban J connectivity index is 0.000000188. The summed E-state index contributed by atoms with van der Waals surface area (Å²) in [6.07, 6.45) is 8.37. The molecule has 1 amide bonds. The van der Waals surface area contributed by atoms with Crippen LogP contribution < -0.4 is 16.9 Å². The quantitative estimate of drug-likeness (QED) is 0.0235. The van der Waals surface area contributed by atoms with Gasteiger partial charge in [-0.2, -0.15) is 0 Å². The van der Waals surface area contributed by atoms with Crippen LogP contribution in [0.3, 0.4) is 0 Å². The maximum Gasteiger partial charge on any atom is 0.329 e. The van der Waals surface area contributed by atoms with Crippen molar-refractivity contribution in [3.05, 3.63) is 300 Å². The number of nitrogens with two attached hydrogens (primary N) is 2. The molecule has 0 fully saturated rings. The van der Waals surface area contributed by atoms with Crippen molar-refractivity contribution < 1.29 is 48.3 Å². The number of nitrogen functional groups attached to an aromatic ring is 1. The van der Waals surface area contributed by atoms with E-state index in [0.29, 0.717) is 36.1 Å². The van der Waals surface area contributed by atoms with E-state index >= 15 is 0 Å². The number of hydrogen-bond acceptors (Lipinski definition) is 15. The molecule has 0 radical (unpaired) electrons. The van der Waals surface area contributed by atoms with Gasteiger partial charge in [0.05, 0.1) is 50.4 Å². The summed E-state index contributed by atoms with van der Waals surface area (Å²) in [6.45, 7) is 6.93. The minimum Gasteiger partial charge on any atom is -0.466 e. The van der Waals surface area contributed by atoms with Gasteiger partial charge in [0.25, 0.3) is 5.91 Å². The summed E-state index contributed by atoms with van der Waals surface area (Å²) >= 11 is 6.77. The number of esters is 1. The van der Waals surface area contributed by atoms with Crippen molar-refractivity contribution in [2.24, 2.45) is 20.7 Å². The predicted octanol–water partition coefficient (Wildman–Crippen LogP) is 12.0. The molecule has 472 valence electrons. The molecule has 0 saturated carbocycles. The number of benzene rings is 8. The number of hydroxylamine groups is 1. The van der Waals surface area contributed by atoms with E-state index < -0.39 is 11.9 Å². The fourth-order valence-corrected chi connectivity index (χ4v) is 10.00. The Kier molecular flexibility index (Phi) is 28.6. The van der Waals surface area contributed by atoms with E-state index in [1.807, 2.05) is 170 Å². The summed E-state index contributed by atoms with van der Waals surface area (Å²) in [4.78, 5) is 103. The Labute approximate surface area is 556 Å². The van der Waals surface area contributed by atoms with Crippen LogP contribution >= 0.6 is 31.9 Å². The van der Waals surface area contributed by atoms with Gasteiger partial charge in [-0.25, -0.2) is 10.3 Å². The number of hydrogen-bond donors (Lipinski definition) is 4. The van der Waals surface area contributed by atoms with Gasteiger partial charge in [-0.05, 0) is 84.1 Å². The third kappa shape index (κ3) is 22.8. The molecule has 3 heterocycles. The third-order valence-corrected chi connectivity index (χ3v) is 14.6. The molecule has 0 bridgehead atoms. The molecule has 93 heavy (non-hydrogen) atoms. The molecule has 6 N–H and O–H groups in total. The number of rotatable bonds is 11. The third-order valence-electron chi connectivity index (χ3n) is 13.6. The number of ether oxygens (including phenoxy) is 1. The van der Waals surface area contributed by atoms with Crippen LogP contribution in [-0.2, 0) is 57.6 Å². The Morgan fingerprint density at radius 1 is 0.548 bits per heavy atom. The molecule has 11 rings (SSSR count). The number of nitrogens with one attached hydrogen (secondary N) is 1. The van der Waals surface area contributed by atoms with Crippen LogP contribution in [0.4, 0.5) is 5.69 Å². The minimum absolute atomic E-state index is 0.00237. The molecule has 0 unspecified atom stereocenters. The molecule has 8 aromatic rings. The van der Waals surface area contributed by atoms with Crippen LogP contribution in [-0.4, -0.2) is 102 Å². The Hall–Kier alpha value is -10.4. The lowest BCUT2D eigenvalue weighted by molar-refractivity contribution is -0.135. The normalized spacial score (nSPS) is 12.7. The number of amides is 1. The smallest absolute Gasteiger partial charge is 0.329 e. The fourth-order valence-electron chi connectivity index (χ4n) is 9.21. The Morgan fingerprint density at radius 2 is 0.925 bits per heavy atom. The molecular weight excluding hydrogens is 1300 g/mol. The molecule has 0 saturated heterocycles. The molecule has 3 aliphatic heterocycles. The number of methoxy groups -OCH3 is 1. The molecule has 0 aromatic heterocycles. The first-order valence-electron chi connectivity index (χ1n) is 29.1. The lowest BCUT2D eigenvalue weighted by Crippen LogP contribution is -2.14. The van der Waals surface area contributed by atoms with E-state index in [4.69, 9.17) is 16.7 Å². The predicted molar refractivity (Wildman–Crippen MR) is 373 cm³/mol. The zero-order valence-electron chi connectivity index (χ0n) is 51.4. The van der Waals surface area contributed by atoms with Gasteiger partial charge in [-0.15, -0.1) is 0 Å². The number of fused-ring (bicyclic) bond motifs is 3. The van der Waals surface area contributed by atoms with Gasteiger partial charge >= 0.3 is 5.97 Å². The lowest BCUT2D eigenvalue weighted by atomic mass is 9.94. The molecule has 18 heteroatoms. The van der Waals surface area contributed by atoms with E-state index in [0.717, 1.165) is 93.4 Å². The number of halogens is 2. The van der Waals surface area contributed by atoms with E-state index in [1.165, 1.54) is 33.1 Å². The number of carbonyl (C=O) groups is 8. The molecule has 0 aliphatic carbocycles. The van der Waals surface area contributed by atoms with Crippen molar-refractivity contribution >= 4 is 113 Å². The highest BCUT2D eigenvalue weighted by Crippen LogP contribution is 2.26. The largest absolute Gasteiger partial charge is 0.466 e. The van der Waals surface area contributed by atoms with E-state index in [2.05, 4.69) is 58.2 Å². The molecule has 0 atom stereocenters. The second-order valence-corrected chi connectivity index (χ2v) is 22.5. The molecule has 8 aromatic carbocycles. The fraction of sp³-hybridized carbons (Fsp3) is 0.133. The maximum atomic E-state index is 12.1. The maximum absolute atomic E-state index is 12.1. The van der Waals surface area contributed by atoms with Gasteiger partial charge in [0.2, 0.25) is 0 Å². The molecule has 0 spiro atoms. The average molecular weight is 1370 g/mol. The summed E-state index contributed by atoms with van der Waals surface area (Å²) in [5, 5.41) is 8.53. The zero-order chi connectivity index (χ0) is 67.2. The lowest BCUT2D eigenvalue weighted by Gasteiger charge is -2.10. The standard InChI is InChI=1S/C20H17NO2.C19H16N2O3.C16H12BrNO.C13H10BrNO.C4H6O2.C3H7NO/c1-14(22)7-8-15-9-10-19-17(11-15)12-18(23)13-21-20(19)16-5-3-2-4-6-16;22-16-11-15-10-13(7-9-18(23)21-24)6-8-17(15)19(20-12-16)14-4-2-1-3-5-14;17-13-6-7-15-12(8-13)9-14(19)10-18-16(15)11-4-2-1-3-5-11;14-10-6-7-11(12(15)8-10)13(16)9-4-2-1-3-5-9;1-3-4(5)6-2;1-3(5)2-4/h2-11H,12-13H2,1H3;1-10,24H,11-12H2,(H,21,23);1-8H,9-10H2;1-8H,15H2;3H,1H2,2H3;2,4H2,1H3/b8-7+;9-7+;;;;. The van der Waals surface area contributed by atoms with E-state index in [1.54, 1.807) is 41.9 Å². The first kappa shape index (κ1) is 71.7. The number of carbonyl (C=O) groups excluding carboxylic acids is 8. The van der Waals surface area contributed by atoms with Crippen molar-refractivity contribution in [1.82, 2.24) is 5.48 Å². The Bertz CT molecular complexity index is 4170. The van der Waals surface area contributed by atoms with Crippen LogP contribution in [0.5, 0.6) is 0 Å². The van der Waals surface area contributed by atoms with Crippen LogP contribution in [0.1, 0.15) is 91.0 Å². The molecule has 3 aliphatic rings. The summed E-state index contributed by atoms with van der Waals surface area (Å²) in [7, 11) is 1.31. The number of allylic oxidation sites excluding steroid dienone is 1. The van der Waals surface area contributed by atoms with Gasteiger partial charge in [-0.3, -0.25) is 53.7 Å². The number of Topliss-reactive ketones (excluding diaryl/α,β-unsaturated/α-hetero) is 4. The summed E-state index contributed by atoms with van der Waals surface area (Å²) in [6, 6.07) is 61.6. The van der Waals surface area contributed by atoms with Crippen LogP contribution in [0, 0.1) is 0 Å². The highest BCUT2D eigenvalue weighted by atomic mass is 79.9. The monoisotopic (exact) mass is 1370 g/mol. The van der Waals surface area contributed by atoms with Crippen LogP contribution in [0.25, 0.3) is 12.2 Å². The van der Waals surface area contributed by atoms with E-state index in [9.17, 15) is 38.4 Å². The van der Waals surface area contributed by atoms with Crippen molar-refractivity contribution in [3.8, 4) is 0 Å². The van der Waals surface area contributed by atoms with Crippen LogP contribution in [0.2, 0.25) is 0 Å². The van der Waals surface area contributed by atoms with Gasteiger partial charge in [0, 0.05) is 90.6 Å². The number of ketones is 6. The number of nitrogens with zero attached hydrogens (tertiary/aromatic N) is 3. The average Bonchev–Trinajstić information content (AvgIpc) is 1.97. The number of aliphatic imine (C=N–C) groups is 3. The minimum atomic E-state index is -0.604. The van der Waals surface area contributed by atoms with Crippen molar-refractivity contribution in [1.29, 1.82) is 0 Å². The Morgan fingerprint density at radius 3 is 1.29 bits per heavy atom. The molecular formula is C75H68Br2N6O10. The highest BCUT2D eigenvalue weighted by Gasteiger charge is 2.22. The van der Waals surface area contributed by atoms with E-state index in [-0.39, 0.29) is 60.9 Å². The zero-order valence-corrected chi connectivity index (χ0v) is 54.6. The summed E-state index contributed by atoms with van der Waals surface area (Å²) in [5.74, 6) is -0.702. The number of anilines is 1. The van der Waals surface area contributed by atoms with Crippen LogP contribution in [0.15, 0.2) is 243 Å². The first-order valence-corrected chi connectivity index (χ1v) is 30.6. The van der Waals surface area contributed by atoms with Crippen molar-refractivity contribution in [2.45, 2.75) is 33.1 Å². The molecule has 16 nitrogen and oxygen atoms in total. The van der Waals surface area contributed by atoms with Gasteiger partial charge in [0.15, 0.2) is 28.9 Å². The second-order valence-electron chi connectivity index (χ2n) is 20.7. The highest BCUT2D eigenvalue weighted by molar-refractivity contribution is 9.10. The van der Waals surface area contributed by atoms with Gasteiger partial charge in [-0.1, -0.05) is 208 Å². The van der Waals surface area contributed by atoms with Gasteiger partial charge in [0.1, 0.15) is 5.78 Å². The van der Waals surface area contributed by atoms with Crippen molar-refractivity contribution in [2.75, 3.05) is 39.0 Å². The second kappa shape index (κ2) is 37.1.